The second-order valence-electron chi connectivity index (χ2n) is 6.71. The molecule has 3 aromatic rings. The van der Waals surface area contributed by atoms with Crippen molar-refractivity contribution in [2.24, 2.45) is 0 Å². The topological polar surface area (TPSA) is 61.4 Å². The first-order valence-electron chi connectivity index (χ1n) is 9.38. The van der Waals surface area contributed by atoms with E-state index >= 15 is 0 Å². The summed E-state index contributed by atoms with van der Waals surface area (Å²) >= 11 is 0. The van der Waals surface area contributed by atoms with Crippen LogP contribution in [0.1, 0.15) is 11.1 Å². The van der Waals surface area contributed by atoms with Crippen molar-refractivity contribution < 1.29 is 9.90 Å². The molecule has 27 heavy (non-hydrogen) atoms. The lowest BCUT2D eigenvalue weighted by molar-refractivity contribution is -0.120. The van der Waals surface area contributed by atoms with E-state index in [1.807, 2.05) is 48.5 Å². The fraction of sp³-hybridized carbons (Fsp3) is 0.261. The van der Waals surface area contributed by atoms with Crippen LogP contribution in [0.2, 0.25) is 0 Å². The Morgan fingerprint density at radius 1 is 0.889 bits per heavy atom. The molecule has 0 aliphatic rings. The van der Waals surface area contributed by atoms with Crippen molar-refractivity contribution >= 4 is 16.7 Å². The summed E-state index contributed by atoms with van der Waals surface area (Å²) in [5.74, 6) is 0.0132. The summed E-state index contributed by atoms with van der Waals surface area (Å²) in [6.45, 7) is 1.68. The number of aliphatic hydroxyl groups excluding tert-OH is 1. The summed E-state index contributed by atoms with van der Waals surface area (Å²) in [6, 6.07) is 24.1. The Hall–Kier alpha value is -2.69. The van der Waals surface area contributed by atoms with Gasteiger partial charge in [-0.05, 0) is 21.9 Å². The second kappa shape index (κ2) is 9.86. The van der Waals surface area contributed by atoms with Crippen molar-refractivity contribution in [1.82, 2.24) is 10.6 Å². The number of aliphatic hydroxyl groups is 1. The van der Waals surface area contributed by atoms with Gasteiger partial charge in [0, 0.05) is 26.1 Å². The monoisotopic (exact) mass is 362 g/mol. The highest BCUT2D eigenvalue weighted by Gasteiger charge is 2.08. The van der Waals surface area contributed by atoms with Crippen LogP contribution in [0.5, 0.6) is 0 Å². The fourth-order valence-electron chi connectivity index (χ4n) is 3.20. The van der Waals surface area contributed by atoms with Crippen LogP contribution in [0.15, 0.2) is 72.8 Å². The van der Waals surface area contributed by atoms with Gasteiger partial charge in [-0.15, -0.1) is 0 Å². The van der Waals surface area contributed by atoms with Crippen molar-refractivity contribution in [1.29, 1.82) is 0 Å². The number of nitrogens with one attached hydrogen (secondary N) is 2. The summed E-state index contributed by atoms with van der Waals surface area (Å²) in [5.41, 5.74) is 2.16. The first-order chi connectivity index (χ1) is 13.2. The lowest BCUT2D eigenvalue weighted by Gasteiger charge is -2.14. The molecule has 0 aromatic heterocycles. The van der Waals surface area contributed by atoms with Gasteiger partial charge in [0.15, 0.2) is 0 Å². The van der Waals surface area contributed by atoms with Crippen molar-refractivity contribution in [3.8, 4) is 0 Å². The molecule has 4 heteroatoms. The predicted octanol–water partition coefficient (Wildman–Crippen LogP) is 2.69. The molecule has 0 fully saturated rings. The molecule has 0 aliphatic heterocycles. The normalized spacial score (nSPS) is 12.0. The zero-order valence-electron chi connectivity index (χ0n) is 15.4. The van der Waals surface area contributed by atoms with Gasteiger partial charge in [-0.1, -0.05) is 72.8 Å². The molecule has 1 unspecified atom stereocenters. The van der Waals surface area contributed by atoms with Crippen molar-refractivity contribution in [2.45, 2.75) is 18.9 Å². The molecule has 0 bridgehead atoms. The smallest absolute Gasteiger partial charge is 0.224 e. The highest BCUT2D eigenvalue weighted by molar-refractivity contribution is 5.85. The molecule has 0 heterocycles. The van der Waals surface area contributed by atoms with Crippen LogP contribution in [0.25, 0.3) is 10.8 Å². The van der Waals surface area contributed by atoms with E-state index in [-0.39, 0.29) is 5.91 Å². The highest BCUT2D eigenvalue weighted by atomic mass is 16.3. The van der Waals surface area contributed by atoms with Gasteiger partial charge in [0.1, 0.15) is 0 Å². The van der Waals surface area contributed by atoms with Gasteiger partial charge in [-0.25, -0.2) is 0 Å². The van der Waals surface area contributed by atoms with Crippen molar-refractivity contribution in [3.05, 3.63) is 83.9 Å². The summed E-state index contributed by atoms with van der Waals surface area (Å²) in [7, 11) is 0. The van der Waals surface area contributed by atoms with E-state index in [2.05, 4.69) is 34.9 Å². The molecule has 0 saturated carbocycles. The minimum absolute atomic E-state index is 0.0132. The lowest BCUT2D eigenvalue weighted by atomic mass is 10.00. The van der Waals surface area contributed by atoms with E-state index in [1.54, 1.807) is 0 Å². The average Bonchev–Trinajstić information content (AvgIpc) is 2.69. The van der Waals surface area contributed by atoms with Gasteiger partial charge in [0.2, 0.25) is 5.91 Å². The Balaban J connectivity index is 1.36. The maximum atomic E-state index is 11.9. The molecular weight excluding hydrogens is 336 g/mol. The minimum Gasteiger partial charge on any atom is -0.391 e. The Kier molecular flexibility index (Phi) is 6.97. The predicted molar refractivity (Wildman–Crippen MR) is 110 cm³/mol. The zero-order valence-corrected chi connectivity index (χ0v) is 15.4. The average molecular weight is 362 g/mol. The molecule has 140 valence electrons. The molecule has 0 spiro atoms. The van der Waals surface area contributed by atoms with Gasteiger partial charge in [0.05, 0.1) is 12.5 Å². The van der Waals surface area contributed by atoms with Gasteiger partial charge < -0.3 is 15.7 Å². The van der Waals surface area contributed by atoms with Crippen LogP contribution in [-0.4, -0.2) is 36.8 Å². The SMILES string of the molecule is O=C(Cc1ccccc1)NCCNCC(O)Cc1cccc2ccccc12. The Labute approximate surface area is 160 Å². The Morgan fingerprint density at radius 3 is 2.48 bits per heavy atom. The number of hydrogen-bond acceptors (Lipinski definition) is 3. The second-order valence-corrected chi connectivity index (χ2v) is 6.71. The quantitative estimate of drug-likeness (QED) is 0.513. The van der Waals surface area contributed by atoms with E-state index in [9.17, 15) is 9.90 Å². The van der Waals surface area contributed by atoms with E-state index in [1.165, 1.54) is 10.8 Å². The third-order valence-electron chi connectivity index (χ3n) is 4.55. The third-order valence-corrected chi connectivity index (χ3v) is 4.55. The van der Waals surface area contributed by atoms with Crippen LogP contribution in [-0.2, 0) is 17.6 Å². The number of benzene rings is 3. The molecular formula is C23H26N2O2. The number of carbonyl (C=O) groups excluding carboxylic acids is 1. The largest absolute Gasteiger partial charge is 0.391 e. The standard InChI is InChI=1S/C23H26N2O2/c26-21(16-20-11-6-10-19-9-4-5-12-22(19)20)17-24-13-14-25-23(27)15-18-7-2-1-3-8-18/h1-12,21,24,26H,13-17H2,(H,25,27). The molecule has 4 nitrogen and oxygen atoms in total. The van der Waals surface area contributed by atoms with Crippen LogP contribution >= 0.6 is 0 Å². The van der Waals surface area contributed by atoms with Gasteiger partial charge in [-0.3, -0.25) is 4.79 Å². The van der Waals surface area contributed by atoms with E-state index in [0.717, 1.165) is 11.1 Å². The van der Waals surface area contributed by atoms with Crippen LogP contribution in [0, 0.1) is 0 Å². The molecule has 3 rings (SSSR count). The maximum absolute atomic E-state index is 11.9. The van der Waals surface area contributed by atoms with Crippen molar-refractivity contribution in [3.63, 3.8) is 0 Å². The molecule has 0 saturated heterocycles. The number of rotatable bonds is 9. The van der Waals surface area contributed by atoms with E-state index < -0.39 is 6.10 Å². The van der Waals surface area contributed by atoms with Gasteiger partial charge in [0.25, 0.3) is 0 Å². The highest BCUT2D eigenvalue weighted by Crippen LogP contribution is 2.19. The molecule has 3 aromatic carbocycles. The Bertz CT molecular complexity index is 859. The lowest BCUT2D eigenvalue weighted by Crippen LogP contribution is -2.36. The minimum atomic E-state index is -0.462. The molecule has 0 aliphatic carbocycles. The van der Waals surface area contributed by atoms with Crippen LogP contribution < -0.4 is 10.6 Å². The zero-order chi connectivity index (χ0) is 18.9. The first-order valence-corrected chi connectivity index (χ1v) is 9.38. The number of fused-ring (bicyclic) bond motifs is 1. The van der Waals surface area contributed by atoms with Crippen molar-refractivity contribution in [2.75, 3.05) is 19.6 Å². The Morgan fingerprint density at radius 2 is 1.63 bits per heavy atom. The number of amides is 1. The van der Waals surface area contributed by atoms with Crippen LogP contribution in [0.3, 0.4) is 0 Å². The third kappa shape index (κ3) is 5.91. The summed E-state index contributed by atoms with van der Waals surface area (Å²) in [5, 5.41) is 18.8. The van der Waals surface area contributed by atoms with Gasteiger partial charge >= 0.3 is 0 Å². The molecule has 0 radical (unpaired) electrons. The first kappa shape index (κ1) is 19.1. The maximum Gasteiger partial charge on any atom is 0.224 e. The molecule has 1 amide bonds. The van der Waals surface area contributed by atoms with E-state index in [4.69, 9.17) is 0 Å². The summed E-state index contributed by atoms with van der Waals surface area (Å²) < 4.78 is 0. The fourth-order valence-corrected chi connectivity index (χ4v) is 3.20. The van der Waals surface area contributed by atoms with Crippen LogP contribution in [0.4, 0.5) is 0 Å². The van der Waals surface area contributed by atoms with Gasteiger partial charge in [-0.2, -0.15) is 0 Å². The summed E-state index contributed by atoms with van der Waals surface area (Å²) in [4.78, 5) is 11.9. The molecule has 1 atom stereocenters. The summed E-state index contributed by atoms with van der Waals surface area (Å²) in [6.07, 6.45) is 0.537. The number of hydrogen-bond donors (Lipinski definition) is 3. The van der Waals surface area contributed by atoms with E-state index in [0.29, 0.717) is 32.5 Å². The number of carbonyl (C=O) groups is 1. The molecule has 3 N–H and O–H groups in total.